The molecule has 0 radical (unpaired) electrons. The average molecular weight is 267 g/mol. The van der Waals surface area contributed by atoms with E-state index in [1.807, 2.05) is 18.7 Å². The lowest BCUT2D eigenvalue weighted by atomic mass is 9.83. The molecule has 1 N–H and O–H groups in total. The summed E-state index contributed by atoms with van der Waals surface area (Å²) in [6.45, 7) is 4.61. The van der Waals surface area contributed by atoms with Crippen molar-refractivity contribution in [2.24, 2.45) is 11.3 Å². The molecule has 108 valence electrons. The minimum absolute atomic E-state index is 0.0562. The van der Waals surface area contributed by atoms with Gasteiger partial charge in [0.1, 0.15) is 0 Å². The van der Waals surface area contributed by atoms with Gasteiger partial charge in [-0.3, -0.25) is 9.59 Å². The highest BCUT2D eigenvalue weighted by molar-refractivity contribution is 5.78. The summed E-state index contributed by atoms with van der Waals surface area (Å²) in [5.41, 5.74) is -0.449. The first-order valence-corrected chi connectivity index (χ1v) is 7.40. The Morgan fingerprint density at radius 2 is 1.84 bits per heavy atom. The van der Waals surface area contributed by atoms with Gasteiger partial charge in [0.15, 0.2) is 0 Å². The first-order valence-electron chi connectivity index (χ1n) is 7.40. The van der Waals surface area contributed by atoms with Gasteiger partial charge in [0.25, 0.3) is 0 Å². The number of likely N-dealkylation sites (tertiary alicyclic amines) is 1. The number of carboxylic acid groups (broad SMARTS) is 1. The molecule has 1 aliphatic carbocycles. The number of hydrogen-bond donors (Lipinski definition) is 1. The summed E-state index contributed by atoms with van der Waals surface area (Å²) in [6, 6.07) is 0.432. The van der Waals surface area contributed by atoms with Crippen molar-refractivity contribution in [3.8, 4) is 0 Å². The molecule has 2 aliphatic rings. The van der Waals surface area contributed by atoms with Crippen LogP contribution in [0.25, 0.3) is 0 Å². The Hall–Kier alpha value is -1.06. The van der Waals surface area contributed by atoms with E-state index in [9.17, 15) is 9.59 Å². The van der Waals surface area contributed by atoms with Gasteiger partial charge in [0.05, 0.1) is 6.42 Å². The molecule has 2 rings (SSSR count). The summed E-state index contributed by atoms with van der Waals surface area (Å²) in [6.07, 6.45) is 6.46. The molecule has 4 heteroatoms. The van der Waals surface area contributed by atoms with E-state index in [-0.39, 0.29) is 12.3 Å². The summed E-state index contributed by atoms with van der Waals surface area (Å²) in [5, 5.41) is 8.89. The minimum Gasteiger partial charge on any atom is -0.481 e. The van der Waals surface area contributed by atoms with Crippen molar-refractivity contribution in [2.75, 3.05) is 6.54 Å². The number of aliphatic carboxylic acids is 1. The fraction of sp³-hybridized carbons (Fsp3) is 0.867. The van der Waals surface area contributed by atoms with Gasteiger partial charge < -0.3 is 10.0 Å². The molecule has 2 fully saturated rings. The molecule has 0 spiro atoms. The van der Waals surface area contributed by atoms with Crippen LogP contribution in [0.4, 0.5) is 0 Å². The molecule has 1 aliphatic heterocycles. The first kappa shape index (κ1) is 14.4. The third-order valence-electron chi connectivity index (χ3n) is 4.59. The molecular formula is C15H25NO3. The van der Waals surface area contributed by atoms with Crippen LogP contribution in [0.1, 0.15) is 58.8 Å². The van der Waals surface area contributed by atoms with Gasteiger partial charge in [-0.25, -0.2) is 0 Å². The van der Waals surface area contributed by atoms with Gasteiger partial charge in [-0.15, -0.1) is 0 Å². The second kappa shape index (κ2) is 5.51. The minimum atomic E-state index is -0.824. The second-order valence-corrected chi connectivity index (χ2v) is 6.90. The van der Waals surface area contributed by atoms with Crippen LogP contribution in [0.5, 0.6) is 0 Å². The number of carbonyl (C=O) groups excluding carboxylic acids is 1. The van der Waals surface area contributed by atoms with E-state index < -0.39 is 11.4 Å². The van der Waals surface area contributed by atoms with Gasteiger partial charge in [-0.05, 0) is 30.6 Å². The van der Waals surface area contributed by atoms with Gasteiger partial charge in [-0.1, -0.05) is 26.7 Å². The van der Waals surface area contributed by atoms with Crippen molar-refractivity contribution in [3.05, 3.63) is 0 Å². The highest BCUT2D eigenvalue weighted by Gasteiger charge is 2.39. The van der Waals surface area contributed by atoms with E-state index in [1.165, 1.54) is 19.3 Å². The molecule has 19 heavy (non-hydrogen) atoms. The zero-order valence-corrected chi connectivity index (χ0v) is 12.0. The maximum Gasteiger partial charge on any atom is 0.303 e. The number of amides is 1. The summed E-state index contributed by atoms with van der Waals surface area (Å²) >= 11 is 0. The molecule has 1 saturated carbocycles. The number of rotatable bonds is 4. The highest BCUT2D eigenvalue weighted by atomic mass is 16.4. The normalized spacial score (nSPS) is 27.2. The molecule has 0 aromatic rings. The predicted molar refractivity (Wildman–Crippen MR) is 72.7 cm³/mol. The highest BCUT2D eigenvalue weighted by Crippen LogP contribution is 2.37. The van der Waals surface area contributed by atoms with E-state index in [4.69, 9.17) is 5.11 Å². The largest absolute Gasteiger partial charge is 0.481 e. The lowest BCUT2D eigenvalue weighted by Gasteiger charge is -2.33. The zero-order valence-electron chi connectivity index (χ0n) is 12.0. The Morgan fingerprint density at radius 3 is 2.53 bits per heavy atom. The summed E-state index contributed by atoms with van der Waals surface area (Å²) in [5.74, 6) is 0.0238. The molecule has 0 aromatic carbocycles. The fourth-order valence-corrected chi connectivity index (χ4v) is 3.70. The lowest BCUT2D eigenvalue weighted by molar-refractivity contribution is -0.141. The maximum atomic E-state index is 12.4. The van der Waals surface area contributed by atoms with Crippen LogP contribution >= 0.6 is 0 Å². The van der Waals surface area contributed by atoms with Gasteiger partial charge in [0, 0.05) is 19.0 Å². The third-order valence-corrected chi connectivity index (χ3v) is 4.59. The topological polar surface area (TPSA) is 57.6 Å². The van der Waals surface area contributed by atoms with Gasteiger partial charge in [-0.2, -0.15) is 0 Å². The van der Waals surface area contributed by atoms with Crippen LogP contribution < -0.4 is 0 Å². The van der Waals surface area contributed by atoms with Crippen molar-refractivity contribution >= 4 is 11.9 Å². The number of fused-ring (bicyclic) bond motifs is 1. The quantitative estimate of drug-likeness (QED) is 0.852. The zero-order chi connectivity index (χ0) is 14.0. The molecular weight excluding hydrogens is 242 g/mol. The molecule has 0 aromatic heterocycles. The van der Waals surface area contributed by atoms with Crippen molar-refractivity contribution in [2.45, 2.75) is 64.8 Å². The molecule has 4 nitrogen and oxygen atoms in total. The average Bonchev–Trinajstić information content (AvgIpc) is 2.69. The van der Waals surface area contributed by atoms with Crippen LogP contribution in [0, 0.1) is 11.3 Å². The molecule has 1 heterocycles. The monoisotopic (exact) mass is 267 g/mol. The van der Waals surface area contributed by atoms with Gasteiger partial charge in [0.2, 0.25) is 5.91 Å². The fourth-order valence-electron chi connectivity index (χ4n) is 3.70. The lowest BCUT2D eigenvalue weighted by Crippen LogP contribution is -2.41. The van der Waals surface area contributed by atoms with E-state index in [2.05, 4.69) is 0 Å². The summed E-state index contributed by atoms with van der Waals surface area (Å²) < 4.78 is 0. The molecule has 2 unspecified atom stereocenters. The van der Waals surface area contributed by atoms with Crippen LogP contribution in [0.2, 0.25) is 0 Å². The van der Waals surface area contributed by atoms with Crippen LogP contribution in [0.3, 0.4) is 0 Å². The number of nitrogens with zero attached hydrogens (tertiary/aromatic N) is 1. The molecule has 0 bridgehead atoms. The number of hydrogen-bond acceptors (Lipinski definition) is 2. The third kappa shape index (κ3) is 3.48. The van der Waals surface area contributed by atoms with E-state index in [0.717, 1.165) is 19.4 Å². The van der Waals surface area contributed by atoms with E-state index >= 15 is 0 Å². The Morgan fingerprint density at radius 1 is 1.16 bits per heavy atom. The van der Waals surface area contributed by atoms with Crippen LogP contribution in [-0.2, 0) is 9.59 Å². The van der Waals surface area contributed by atoms with E-state index in [1.54, 1.807) is 0 Å². The van der Waals surface area contributed by atoms with Crippen LogP contribution in [-0.4, -0.2) is 34.5 Å². The van der Waals surface area contributed by atoms with Gasteiger partial charge >= 0.3 is 5.97 Å². The predicted octanol–water partition coefficient (Wildman–Crippen LogP) is 2.67. The van der Waals surface area contributed by atoms with Crippen molar-refractivity contribution in [1.29, 1.82) is 0 Å². The van der Waals surface area contributed by atoms with Crippen molar-refractivity contribution in [3.63, 3.8) is 0 Å². The SMILES string of the molecule is CC(C)(CC(=O)O)CC(=O)N1CCC2CCCCC21. The first-order chi connectivity index (χ1) is 8.89. The summed E-state index contributed by atoms with van der Waals surface area (Å²) in [7, 11) is 0. The number of carbonyl (C=O) groups is 2. The Bertz CT molecular complexity index is 364. The Kier molecular flexibility index (Phi) is 4.16. The molecule has 1 amide bonds. The molecule has 1 saturated heterocycles. The van der Waals surface area contributed by atoms with E-state index in [0.29, 0.717) is 18.4 Å². The number of carboxylic acids is 1. The maximum absolute atomic E-state index is 12.4. The van der Waals surface area contributed by atoms with Crippen molar-refractivity contribution < 1.29 is 14.7 Å². The summed E-state index contributed by atoms with van der Waals surface area (Å²) in [4.78, 5) is 25.3. The molecule has 2 atom stereocenters. The standard InChI is InChI=1S/C15H25NO3/c1-15(2,10-14(18)19)9-13(17)16-8-7-11-5-3-4-6-12(11)16/h11-12H,3-10H2,1-2H3,(H,18,19). The van der Waals surface area contributed by atoms with Crippen molar-refractivity contribution in [1.82, 2.24) is 4.90 Å². The Balaban J connectivity index is 1.94. The smallest absolute Gasteiger partial charge is 0.303 e. The Labute approximate surface area is 115 Å². The second-order valence-electron chi connectivity index (χ2n) is 6.90. The van der Waals surface area contributed by atoms with Crippen LogP contribution in [0.15, 0.2) is 0 Å².